The average Bonchev–Trinajstić information content (AvgIpc) is 2.77. The second kappa shape index (κ2) is 10.4. The summed E-state index contributed by atoms with van der Waals surface area (Å²) in [4.78, 5) is 29.7. The van der Waals surface area contributed by atoms with Crippen LogP contribution in [-0.2, 0) is 17.9 Å². The van der Waals surface area contributed by atoms with E-state index in [0.29, 0.717) is 45.7 Å². The molecule has 0 saturated heterocycles. The first-order valence-electron chi connectivity index (χ1n) is 9.38. The number of thioether (sulfide) groups is 1. The first kappa shape index (κ1) is 22.7. The zero-order valence-electron chi connectivity index (χ0n) is 17.2. The normalized spacial score (nSPS) is 10.7. The molecule has 0 radical (unpaired) electrons. The first-order valence-corrected chi connectivity index (χ1v) is 10.7. The highest BCUT2D eigenvalue weighted by molar-refractivity contribution is 7.99. The summed E-state index contributed by atoms with van der Waals surface area (Å²) in [5.41, 5.74) is 1.17. The van der Waals surface area contributed by atoms with Crippen LogP contribution < -0.4 is 20.3 Å². The third kappa shape index (κ3) is 5.39. The zero-order chi connectivity index (χ0) is 22.4. The highest BCUT2D eigenvalue weighted by atomic mass is 35.5. The van der Waals surface area contributed by atoms with E-state index in [1.165, 1.54) is 16.3 Å². The summed E-state index contributed by atoms with van der Waals surface area (Å²) in [7, 11) is 3.13. The number of carbonyl (C=O) groups is 1. The average molecular weight is 460 g/mol. The Hall–Kier alpha value is -2.97. The fourth-order valence-electron chi connectivity index (χ4n) is 2.95. The molecule has 1 amide bonds. The predicted molar refractivity (Wildman–Crippen MR) is 123 cm³/mol. The van der Waals surface area contributed by atoms with Gasteiger partial charge in [-0.2, -0.15) is 0 Å². The smallest absolute Gasteiger partial charge is 0.262 e. The molecule has 0 aliphatic rings. The molecule has 3 rings (SSSR count). The third-order valence-corrected chi connectivity index (χ3v) is 5.68. The van der Waals surface area contributed by atoms with Gasteiger partial charge in [0.15, 0.2) is 16.7 Å². The van der Waals surface area contributed by atoms with Crippen LogP contribution in [0.5, 0.6) is 11.5 Å². The minimum atomic E-state index is -0.199. The van der Waals surface area contributed by atoms with Crippen LogP contribution in [0, 0.1) is 0 Å². The second-order valence-corrected chi connectivity index (χ2v) is 7.89. The van der Waals surface area contributed by atoms with E-state index in [-0.39, 0.29) is 17.2 Å². The van der Waals surface area contributed by atoms with Crippen LogP contribution in [0.4, 0.5) is 0 Å². The predicted octanol–water partition coefficient (Wildman–Crippen LogP) is 3.66. The molecule has 0 unspecified atom stereocenters. The van der Waals surface area contributed by atoms with E-state index >= 15 is 0 Å². The first-order chi connectivity index (χ1) is 15.0. The maximum Gasteiger partial charge on any atom is 0.262 e. The molecular weight excluding hydrogens is 438 g/mol. The molecule has 0 aliphatic carbocycles. The molecule has 9 heteroatoms. The Morgan fingerprint density at radius 3 is 2.71 bits per heavy atom. The van der Waals surface area contributed by atoms with Gasteiger partial charge in [0.2, 0.25) is 5.91 Å². The largest absolute Gasteiger partial charge is 0.493 e. The summed E-state index contributed by atoms with van der Waals surface area (Å²) in [5, 5.41) is 4.25. The van der Waals surface area contributed by atoms with E-state index in [1.807, 2.05) is 12.1 Å². The van der Waals surface area contributed by atoms with Crippen molar-refractivity contribution in [2.24, 2.45) is 0 Å². The molecule has 162 valence electrons. The summed E-state index contributed by atoms with van der Waals surface area (Å²) < 4.78 is 12.0. The quantitative estimate of drug-likeness (QED) is 0.299. The summed E-state index contributed by atoms with van der Waals surface area (Å²) in [5.74, 6) is 1.13. The minimum Gasteiger partial charge on any atom is -0.493 e. The number of amides is 1. The van der Waals surface area contributed by atoms with Crippen LogP contribution in [0.15, 0.2) is 59.0 Å². The van der Waals surface area contributed by atoms with Gasteiger partial charge in [-0.05, 0) is 35.9 Å². The highest BCUT2D eigenvalue weighted by Gasteiger charge is 2.13. The van der Waals surface area contributed by atoms with Crippen molar-refractivity contribution in [3.05, 3.63) is 70.0 Å². The number of ether oxygens (including phenoxy) is 2. The molecule has 0 atom stereocenters. The Labute approximate surface area is 189 Å². The highest BCUT2D eigenvalue weighted by Crippen LogP contribution is 2.27. The van der Waals surface area contributed by atoms with Crippen LogP contribution in [-0.4, -0.2) is 35.4 Å². The molecule has 0 fully saturated rings. The minimum absolute atomic E-state index is 0.100. The number of benzene rings is 2. The number of carbonyl (C=O) groups excluding carboxylic acids is 1. The van der Waals surface area contributed by atoms with Gasteiger partial charge in [0.1, 0.15) is 0 Å². The maximum absolute atomic E-state index is 12.8. The van der Waals surface area contributed by atoms with Gasteiger partial charge in [0, 0.05) is 18.1 Å². The van der Waals surface area contributed by atoms with E-state index < -0.39 is 0 Å². The van der Waals surface area contributed by atoms with E-state index in [0.717, 1.165) is 5.56 Å². The van der Waals surface area contributed by atoms with Gasteiger partial charge < -0.3 is 14.8 Å². The Kier molecular flexibility index (Phi) is 7.59. The topological polar surface area (TPSA) is 82.5 Å². The lowest BCUT2D eigenvalue weighted by Crippen LogP contribution is -2.26. The number of halogens is 1. The molecule has 1 heterocycles. The number of allylic oxidation sites excluding steroid dienone is 1. The fraction of sp³-hybridized carbons (Fsp3) is 0.227. The monoisotopic (exact) mass is 459 g/mol. The van der Waals surface area contributed by atoms with Crippen molar-refractivity contribution in [1.82, 2.24) is 14.9 Å². The van der Waals surface area contributed by atoms with E-state index in [2.05, 4.69) is 16.9 Å². The lowest BCUT2D eigenvalue weighted by molar-refractivity contribution is -0.118. The van der Waals surface area contributed by atoms with Gasteiger partial charge in [-0.25, -0.2) is 4.98 Å². The Bertz CT molecular complexity index is 1180. The van der Waals surface area contributed by atoms with Crippen molar-refractivity contribution in [1.29, 1.82) is 0 Å². The van der Waals surface area contributed by atoms with Crippen molar-refractivity contribution in [2.45, 2.75) is 18.2 Å². The molecule has 0 spiro atoms. The van der Waals surface area contributed by atoms with Crippen molar-refractivity contribution < 1.29 is 14.3 Å². The maximum atomic E-state index is 12.8. The van der Waals surface area contributed by atoms with Crippen molar-refractivity contribution in [3.63, 3.8) is 0 Å². The third-order valence-electron chi connectivity index (χ3n) is 4.46. The zero-order valence-corrected chi connectivity index (χ0v) is 18.8. The summed E-state index contributed by atoms with van der Waals surface area (Å²) in [6.45, 7) is 4.33. The number of hydrogen-bond donors (Lipinski definition) is 1. The standard InChI is InChI=1S/C22H22ClN3O4S/c1-4-9-26-21(28)16-7-6-15(23)11-17(16)25-22(26)31-13-20(27)24-12-14-5-8-18(29-2)19(10-14)30-3/h4-8,10-11H,1,9,12-13H2,2-3H3,(H,24,27). The van der Waals surface area contributed by atoms with Gasteiger partial charge in [-0.1, -0.05) is 35.5 Å². The molecule has 2 aromatic carbocycles. The number of rotatable bonds is 9. The van der Waals surface area contributed by atoms with Crippen LogP contribution in [0.1, 0.15) is 5.56 Å². The Morgan fingerprint density at radius 1 is 1.23 bits per heavy atom. The summed E-state index contributed by atoms with van der Waals surface area (Å²) in [6.07, 6.45) is 1.62. The lowest BCUT2D eigenvalue weighted by atomic mass is 10.2. The second-order valence-electron chi connectivity index (χ2n) is 6.52. The number of aromatic nitrogens is 2. The van der Waals surface area contributed by atoms with Gasteiger partial charge in [0.05, 0.1) is 30.9 Å². The van der Waals surface area contributed by atoms with Crippen LogP contribution in [0.25, 0.3) is 10.9 Å². The Balaban J connectivity index is 1.71. The lowest BCUT2D eigenvalue weighted by Gasteiger charge is -2.12. The molecule has 1 N–H and O–H groups in total. The summed E-state index contributed by atoms with van der Waals surface area (Å²) >= 11 is 7.22. The summed E-state index contributed by atoms with van der Waals surface area (Å²) in [6, 6.07) is 10.4. The van der Waals surface area contributed by atoms with Gasteiger partial charge in [-0.3, -0.25) is 14.2 Å². The molecule has 31 heavy (non-hydrogen) atoms. The number of nitrogens with one attached hydrogen (secondary N) is 1. The number of hydrogen-bond acceptors (Lipinski definition) is 6. The van der Waals surface area contributed by atoms with Crippen molar-refractivity contribution >= 4 is 40.2 Å². The number of nitrogens with zero attached hydrogens (tertiary/aromatic N) is 2. The SMILES string of the molecule is C=CCn1c(SCC(=O)NCc2ccc(OC)c(OC)c2)nc2cc(Cl)ccc2c1=O. The molecule has 7 nitrogen and oxygen atoms in total. The number of methoxy groups -OCH3 is 2. The van der Waals surface area contributed by atoms with Crippen LogP contribution in [0.2, 0.25) is 5.02 Å². The molecule has 1 aromatic heterocycles. The molecule has 0 saturated carbocycles. The molecule has 3 aromatic rings. The van der Waals surface area contributed by atoms with Crippen molar-refractivity contribution in [3.8, 4) is 11.5 Å². The molecule has 0 aliphatic heterocycles. The van der Waals surface area contributed by atoms with E-state index in [4.69, 9.17) is 21.1 Å². The van der Waals surface area contributed by atoms with Gasteiger partial charge >= 0.3 is 0 Å². The molecule has 0 bridgehead atoms. The van der Waals surface area contributed by atoms with Gasteiger partial charge in [0.25, 0.3) is 5.56 Å². The Morgan fingerprint density at radius 2 is 2.00 bits per heavy atom. The van der Waals surface area contributed by atoms with Crippen molar-refractivity contribution in [2.75, 3.05) is 20.0 Å². The number of fused-ring (bicyclic) bond motifs is 1. The van der Waals surface area contributed by atoms with E-state index in [9.17, 15) is 9.59 Å². The van der Waals surface area contributed by atoms with Crippen LogP contribution in [0.3, 0.4) is 0 Å². The molecular formula is C22H22ClN3O4S. The fourth-order valence-corrected chi connectivity index (χ4v) is 3.95. The van der Waals surface area contributed by atoms with Crippen LogP contribution >= 0.6 is 23.4 Å². The van der Waals surface area contributed by atoms with Gasteiger partial charge in [-0.15, -0.1) is 6.58 Å². The van der Waals surface area contributed by atoms with E-state index in [1.54, 1.807) is 44.6 Å².